The van der Waals surface area contributed by atoms with Crippen LogP contribution in [0.1, 0.15) is 17.3 Å². The fraction of sp³-hybridized carbons (Fsp3) is 0.385. The highest BCUT2D eigenvalue weighted by atomic mass is 79.9. The third-order valence-electron chi connectivity index (χ3n) is 2.75. The number of rotatable bonds is 4. The summed E-state index contributed by atoms with van der Waals surface area (Å²) in [5.41, 5.74) is 0.524. The maximum atomic E-state index is 12.2. The van der Waals surface area contributed by atoms with Gasteiger partial charge in [0.05, 0.1) is 11.5 Å². The lowest BCUT2D eigenvalue weighted by molar-refractivity contribution is -0.124. The van der Waals surface area contributed by atoms with Crippen molar-refractivity contribution in [3.8, 4) is 0 Å². The van der Waals surface area contributed by atoms with Gasteiger partial charge < -0.3 is 10.2 Å². The van der Waals surface area contributed by atoms with E-state index in [9.17, 15) is 9.59 Å². The van der Waals surface area contributed by atoms with Crippen molar-refractivity contribution < 1.29 is 9.59 Å². The van der Waals surface area contributed by atoms with E-state index in [-0.39, 0.29) is 17.7 Å². The molecular weight excluding hydrogens is 332 g/mol. The van der Waals surface area contributed by atoms with Gasteiger partial charge in [-0.2, -0.15) is 0 Å². The van der Waals surface area contributed by atoms with E-state index in [1.54, 1.807) is 39.2 Å². The van der Waals surface area contributed by atoms with Crippen molar-refractivity contribution in [2.75, 3.05) is 20.6 Å². The van der Waals surface area contributed by atoms with E-state index < -0.39 is 0 Å². The number of carbonyl (C=O) groups is 2. The molecule has 1 aromatic rings. The quantitative estimate of drug-likeness (QED) is 0.910. The minimum Gasteiger partial charge on any atom is -0.359 e. The molecule has 6 heteroatoms. The third kappa shape index (κ3) is 4.21. The molecule has 1 unspecified atom stereocenters. The Balaban J connectivity index is 2.79. The molecule has 4 nitrogen and oxygen atoms in total. The van der Waals surface area contributed by atoms with E-state index in [0.29, 0.717) is 21.6 Å². The van der Waals surface area contributed by atoms with E-state index >= 15 is 0 Å². The molecule has 1 rings (SSSR count). The second kappa shape index (κ2) is 6.91. The van der Waals surface area contributed by atoms with Crippen LogP contribution in [0.5, 0.6) is 0 Å². The van der Waals surface area contributed by atoms with Crippen molar-refractivity contribution in [3.05, 3.63) is 33.3 Å². The zero-order valence-electron chi connectivity index (χ0n) is 11.0. The van der Waals surface area contributed by atoms with Gasteiger partial charge in [-0.15, -0.1) is 0 Å². The topological polar surface area (TPSA) is 49.4 Å². The number of halogens is 2. The fourth-order valence-electron chi connectivity index (χ4n) is 1.69. The molecular formula is C13H16BrClN2O2. The number of hydrogen-bond acceptors (Lipinski definition) is 2. The maximum Gasteiger partial charge on any atom is 0.254 e. The molecule has 0 aliphatic rings. The Kier molecular flexibility index (Phi) is 5.82. The molecule has 1 N–H and O–H groups in total. The van der Waals surface area contributed by atoms with Gasteiger partial charge in [0, 0.05) is 30.1 Å². The molecule has 0 saturated carbocycles. The number of benzene rings is 1. The van der Waals surface area contributed by atoms with Gasteiger partial charge in [-0.3, -0.25) is 9.59 Å². The zero-order chi connectivity index (χ0) is 14.6. The van der Waals surface area contributed by atoms with Crippen molar-refractivity contribution in [2.45, 2.75) is 6.92 Å². The molecule has 104 valence electrons. The van der Waals surface area contributed by atoms with Crippen LogP contribution in [0.2, 0.25) is 5.02 Å². The van der Waals surface area contributed by atoms with Crippen LogP contribution in [0.25, 0.3) is 0 Å². The Morgan fingerprint density at radius 1 is 1.47 bits per heavy atom. The Morgan fingerprint density at radius 3 is 2.63 bits per heavy atom. The molecule has 0 heterocycles. The Labute approximate surface area is 126 Å². The Morgan fingerprint density at radius 2 is 2.11 bits per heavy atom. The normalized spacial score (nSPS) is 11.8. The summed E-state index contributed by atoms with van der Waals surface area (Å²) in [6.07, 6.45) is 0. The zero-order valence-corrected chi connectivity index (χ0v) is 13.4. The van der Waals surface area contributed by atoms with E-state index in [0.717, 1.165) is 0 Å². The van der Waals surface area contributed by atoms with Crippen LogP contribution >= 0.6 is 27.5 Å². The SMILES string of the molecule is CNC(=O)C(C)CN(C)C(=O)c1ccc(Cl)cc1Br. The molecule has 2 amide bonds. The van der Waals surface area contributed by atoms with Crippen LogP contribution in [-0.4, -0.2) is 37.4 Å². The minimum atomic E-state index is -0.259. The second-order valence-electron chi connectivity index (χ2n) is 4.33. The van der Waals surface area contributed by atoms with Crippen molar-refractivity contribution >= 4 is 39.3 Å². The van der Waals surface area contributed by atoms with E-state index in [1.165, 1.54) is 4.90 Å². The van der Waals surface area contributed by atoms with Gasteiger partial charge in [0.25, 0.3) is 5.91 Å². The van der Waals surface area contributed by atoms with Gasteiger partial charge in [-0.25, -0.2) is 0 Å². The predicted molar refractivity (Wildman–Crippen MR) is 79.3 cm³/mol. The Hall–Kier alpha value is -1.07. The molecule has 0 aromatic heterocycles. The highest BCUT2D eigenvalue weighted by Crippen LogP contribution is 2.22. The van der Waals surface area contributed by atoms with Gasteiger partial charge in [0.1, 0.15) is 0 Å². The average molecular weight is 348 g/mol. The number of hydrogen-bond donors (Lipinski definition) is 1. The molecule has 0 spiro atoms. The first-order valence-corrected chi connectivity index (χ1v) is 6.96. The molecule has 1 aromatic carbocycles. The Bertz CT molecular complexity index is 494. The van der Waals surface area contributed by atoms with Crippen LogP contribution in [0, 0.1) is 5.92 Å². The first kappa shape index (κ1) is 16.0. The molecule has 1 atom stereocenters. The summed E-state index contributed by atoms with van der Waals surface area (Å²) in [5, 5.41) is 3.12. The van der Waals surface area contributed by atoms with Crippen LogP contribution in [0.3, 0.4) is 0 Å². The van der Waals surface area contributed by atoms with Crippen molar-refractivity contribution in [2.24, 2.45) is 5.92 Å². The molecule has 0 radical (unpaired) electrons. The van der Waals surface area contributed by atoms with Gasteiger partial charge >= 0.3 is 0 Å². The third-order valence-corrected chi connectivity index (χ3v) is 3.64. The smallest absolute Gasteiger partial charge is 0.254 e. The summed E-state index contributed by atoms with van der Waals surface area (Å²) in [6.45, 7) is 2.13. The standard InChI is InChI=1S/C13H16BrClN2O2/c1-8(12(18)16-2)7-17(3)13(19)10-5-4-9(15)6-11(10)14/h4-6,8H,7H2,1-3H3,(H,16,18). The summed E-state index contributed by atoms with van der Waals surface area (Å²) in [5.74, 6) is -0.501. The van der Waals surface area contributed by atoms with Crippen molar-refractivity contribution in [1.82, 2.24) is 10.2 Å². The first-order valence-electron chi connectivity index (χ1n) is 5.79. The van der Waals surface area contributed by atoms with E-state index in [2.05, 4.69) is 21.2 Å². The summed E-state index contributed by atoms with van der Waals surface area (Å²) in [4.78, 5) is 25.2. The molecule has 0 saturated heterocycles. The fourth-order valence-corrected chi connectivity index (χ4v) is 2.54. The van der Waals surface area contributed by atoms with Gasteiger partial charge in [0.2, 0.25) is 5.91 Å². The number of nitrogens with one attached hydrogen (secondary N) is 1. The largest absolute Gasteiger partial charge is 0.359 e. The highest BCUT2D eigenvalue weighted by Gasteiger charge is 2.19. The van der Waals surface area contributed by atoms with Gasteiger partial charge in [-0.05, 0) is 34.1 Å². The molecule has 0 aliphatic carbocycles. The molecule has 0 aliphatic heterocycles. The molecule has 19 heavy (non-hydrogen) atoms. The summed E-state index contributed by atoms with van der Waals surface area (Å²) < 4.78 is 0.643. The number of amides is 2. The van der Waals surface area contributed by atoms with E-state index in [1.807, 2.05) is 0 Å². The van der Waals surface area contributed by atoms with Gasteiger partial charge in [0.15, 0.2) is 0 Å². The average Bonchev–Trinajstić information content (AvgIpc) is 2.36. The summed E-state index contributed by atoms with van der Waals surface area (Å²) >= 11 is 9.15. The minimum absolute atomic E-state index is 0.0881. The van der Waals surface area contributed by atoms with Crippen LogP contribution in [-0.2, 0) is 4.79 Å². The lowest BCUT2D eigenvalue weighted by Gasteiger charge is -2.21. The lowest BCUT2D eigenvalue weighted by atomic mass is 10.1. The number of nitrogens with zero attached hydrogens (tertiary/aromatic N) is 1. The number of carbonyl (C=O) groups excluding carboxylic acids is 2. The van der Waals surface area contributed by atoms with Gasteiger partial charge in [-0.1, -0.05) is 18.5 Å². The summed E-state index contributed by atoms with van der Waals surface area (Å²) in [6, 6.07) is 5.00. The maximum absolute atomic E-state index is 12.2. The summed E-state index contributed by atoms with van der Waals surface area (Å²) in [7, 11) is 3.25. The molecule has 0 bridgehead atoms. The first-order chi connectivity index (χ1) is 8.86. The molecule has 0 fully saturated rings. The second-order valence-corrected chi connectivity index (χ2v) is 5.62. The van der Waals surface area contributed by atoms with Crippen LogP contribution in [0.4, 0.5) is 0 Å². The lowest BCUT2D eigenvalue weighted by Crippen LogP contribution is -2.37. The van der Waals surface area contributed by atoms with Crippen LogP contribution in [0.15, 0.2) is 22.7 Å². The van der Waals surface area contributed by atoms with Crippen molar-refractivity contribution in [1.29, 1.82) is 0 Å². The van der Waals surface area contributed by atoms with Crippen LogP contribution < -0.4 is 5.32 Å². The van der Waals surface area contributed by atoms with E-state index in [4.69, 9.17) is 11.6 Å². The van der Waals surface area contributed by atoms with Crippen molar-refractivity contribution in [3.63, 3.8) is 0 Å². The highest BCUT2D eigenvalue weighted by molar-refractivity contribution is 9.10. The predicted octanol–water partition coefficient (Wildman–Crippen LogP) is 2.56. The monoisotopic (exact) mass is 346 g/mol.